The largest absolute Gasteiger partial charge is 0.344 e. The number of benzene rings is 2. The number of hydrogen-bond donors (Lipinski definition) is 2. The average Bonchev–Trinajstić information content (AvgIpc) is 3.22. The maximum absolute atomic E-state index is 13.2. The minimum Gasteiger partial charge on any atom is -0.344 e. The minimum atomic E-state index is -3.58. The third-order valence-corrected chi connectivity index (χ3v) is 7.88. The van der Waals surface area contributed by atoms with E-state index in [0.717, 1.165) is 10.2 Å². The van der Waals surface area contributed by atoms with E-state index in [2.05, 4.69) is 15.6 Å². The van der Waals surface area contributed by atoms with Gasteiger partial charge in [-0.1, -0.05) is 69.7 Å². The Morgan fingerprint density at radius 3 is 2.32 bits per heavy atom. The summed E-state index contributed by atoms with van der Waals surface area (Å²) in [5.74, 6) is -1.27. The number of Topliss-reactive ketones (excluding diaryl/α,β-unsaturated/α-hetero) is 1. The average molecular weight is 502 g/mol. The molecular weight excluding hydrogens is 470 g/mol. The van der Waals surface area contributed by atoms with E-state index in [0.29, 0.717) is 23.4 Å². The zero-order valence-electron chi connectivity index (χ0n) is 19.7. The summed E-state index contributed by atoms with van der Waals surface area (Å²) in [4.78, 5) is 30.8. The summed E-state index contributed by atoms with van der Waals surface area (Å²) in [6.45, 7) is 5.62. The van der Waals surface area contributed by atoms with E-state index in [1.807, 2.05) is 51.1 Å². The van der Waals surface area contributed by atoms with Gasteiger partial charge >= 0.3 is 0 Å². The van der Waals surface area contributed by atoms with Crippen LogP contribution < -0.4 is 10.6 Å². The molecule has 1 amide bonds. The second-order valence-electron chi connectivity index (χ2n) is 8.61. The molecule has 7 nitrogen and oxygen atoms in total. The number of rotatable bonds is 12. The van der Waals surface area contributed by atoms with Gasteiger partial charge < -0.3 is 10.6 Å². The van der Waals surface area contributed by atoms with Gasteiger partial charge in [0.15, 0.2) is 14.8 Å². The van der Waals surface area contributed by atoms with Crippen LogP contribution in [0.15, 0.2) is 54.6 Å². The molecule has 0 spiro atoms. The van der Waals surface area contributed by atoms with E-state index >= 15 is 0 Å². The van der Waals surface area contributed by atoms with Crippen molar-refractivity contribution in [3.63, 3.8) is 0 Å². The zero-order valence-corrected chi connectivity index (χ0v) is 21.3. The van der Waals surface area contributed by atoms with Gasteiger partial charge in [-0.3, -0.25) is 9.59 Å². The molecule has 182 valence electrons. The van der Waals surface area contributed by atoms with Gasteiger partial charge in [0.2, 0.25) is 11.7 Å². The second-order valence-corrected chi connectivity index (χ2v) is 11.8. The number of nitrogens with one attached hydrogen (secondary N) is 2. The Morgan fingerprint density at radius 1 is 1.00 bits per heavy atom. The number of nitrogens with zero attached hydrogens (tertiary/aromatic N) is 1. The van der Waals surface area contributed by atoms with Crippen LogP contribution >= 0.6 is 11.3 Å². The van der Waals surface area contributed by atoms with Crippen molar-refractivity contribution in [2.24, 2.45) is 0 Å². The number of fused-ring (bicyclic) bond motifs is 1. The first-order chi connectivity index (χ1) is 16.2. The van der Waals surface area contributed by atoms with E-state index in [1.165, 1.54) is 11.3 Å². The van der Waals surface area contributed by atoms with Gasteiger partial charge in [-0.2, -0.15) is 0 Å². The number of aromatic nitrogens is 1. The number of amides is 1. The predicted octanol–water partition coefficient (Wildman–Crippen LogP) is 3.75. The van der Waals surface area contributed by atoms with Gasteiger partial charge in [0, 0.05) is 6.04 Å². The normalized spacial score (nSPS) is 13.6. The molecule has 0 saturated carbocycles. The van der Waals surface area contributed by atoms with Gasteiger partial charge in [-0.15, -0.1) is 11.3 Å². The van der Waals surface area contributed by atoms with Gasteiger partial charge in [-0.05, 0) is 24.1 Å². The summed E-state index contributed by atoms with van der Waals surface area (Å²) < 4.78 is 26.6. The predicted molar refractivity (Wildman–Crippen MR) is 137 cm³/mol. The van der Waals surface area contributed by atoms with Crippen molar-refractivity contribution in [2.75, 3.05) is 5.75 Å². The Bertz CT molecular complexity index is 1190. The number of sulfone groups is 1. The molecule has 0 saturated heterocycles. The molecule has 1 aromatic heterocycles. The Kier molecular flexibility index (Phi) is 8.93. The third kappa shape index (κ3) is 7.19. The van der Waals surface area contributed by atoms with Crippen molar-refractivity contribution in [3.05, 3.63) is 65.2 Å². The number of para-hydroxylation sites is 1. The Hall–Kier alpha value is -2.62. The fourth-order valence-corrected chi connectivity index (χ4v) is 6.23. The lowest BCUT2D eigenvalue weighted by molar-refractivity contribution is -0.123. The summed E-state index contributed by atoms with van der Waals surface area (Å²) >= 11 is 1.29. The van der Waals surface area contributed by atoms with E-state index in [4.69, 9.17) is 0 Å². The molecule has 0 bridgehead atoms. The molecule has 2 N–H and O–H groups in total. The molecular formula is C25H31N3O4S2. The quantitative estimate of drug-likeness (QED) is 0.366. The van der Waals surface area contributed by atoms with Crippen molar-refractivity contribution >= 4 is 43.1 Å². The van der Waals surface area contributed by atoms with Crippen LogP contribution in [0, 0.1) is 0 Å². The first kappa shape index (κ1) is 26.0. The molecule has 9 heteroatoms. The molecule has 3 aromatic rings. The van der Waals surface area contributed by atoms with Crippen LogP contribution in [0.2, 0.25) is 0 Å². The van der Waals surface area contributed by atoms with Crippen molar-refractivity contribution in [3.8, 4) is 0 Å². The standard InChI is InChI=1S/C25H31N3O4S2/c1-4-10-20(23(29)25-28-19-13-8-9-14-22(19)33-25)27-24(30)21(26-17(2)3)16-34(31,32)15-18-11-6-5-7-12-18/h5-9,11-14,17,20-21,26H,4,10,15-16H2,1-3H3,(H,27,30)/t20?,21-/m0/s1. The number of hydrogen-bond acceptors (Lipinski definition) is 7. The molecule has 0 aliphatic rings. The summed E-state index contributed by atoms with van der Waals surface area (Å²) in [7, 11) is -3.58. The maximum Gasteiger partial charge on any atom is 0.238 e. The summed E-state index contributed by atoms with van der Waals surface area (Å²) in [6, 6.07) is 14.5. The smallest absolute Gasteiger partial charge is 0.238 e. The lowest BCUT2D eigenvalue weighted by atomic mass is 10.1. The van der Waals surface area contributed by atoms with Crippen LogP contribution in [-0.4, -0.2) is 49.0 Å². The summed E-state index contributed by atoms with van der Waals surface area (Å²) in [5, 5.41) is 6.20. The lowest BCUT2D eigenvalue weighted by Gasteiger charge is -2.24. The van der Waals surface area contributed by atoms with Crippen molar-refractivity contribution in [2.45, 2.75) is 57.5 Å². The van der Waals surface area contributed by atoms with Crippen LogP contribution in [-0.2, 0) is 20.4 Å². The molecule has 0 aliphatic carbocycles. The van der Waals surface area contributed by atoms with Crippen LogP contribution in [0.1, 0.15) is 49.0 Å². The summed E-state index contributed by atoms with van der Waals surface area (Å²) in [5.41, 5.74) is 1.41. The number of carbonyl (C=O) groups excluding carboxylic acids is 2. The zero-order chi connectivity index (χ0) is 24.7. The lowest BCUT2D eigenvalue weighted by Crippen LogP contribution is -2.54. The van der Waals surface area contributed by atoms with Gasteiger partial charge in [0.05, 0.1) is 27.8 Å². The first-order valence-electron chi connectivity index (χ1n) is 11.4. The number of carbonyl (C=O) groups is 2. The highest BCUT2D eigenvalue weighted by molar-refractivity contribution is 7.90. The molecule has 3 rings (SSSR count). The Balaban J connectivity index is 1.76. The molecule has 2 atom stereocenters. The number of thiazole rings is 1. The fraction of sp³-hybridized carbons (Fsp3) is 0.400. The molecule has 0 radical (unpaired) electrons. The van der Waals surface area contributed by atoms with Gasteiger partial charge in [0.25, 0.3) is 0 Å². The number of ketones is 1. The summed E-state index contributed by atoms with van der Waals surface area (Å²) in [6.07, 6.45) is 1.11. The maximum atomic E-state index is 13.2. The molecule has 1 unspecified atom stereocenters. The Labute approximate surface area is 204 Å². The molecule has 2 aromatic carbocycles. The SMILES string of the molecule is CCCC(NC(=O)[C@H](CS(=O)(=O)Cc1ccccc1)NC(C)C)C(=O)c1nc2ccccc2s1. The van der Waals surface area contributed by atoms with Crippen LogP contribution in [0.25, 0.3) is 10.2 Å². The van der Waals surface area contributed by atoms with E-state index in [1.54, 1.807) is 24.3 Å². The van der Waals surface area contributed by atoms with Gasteiger partial charge in [0.1, 0.15) is 6.04 Å². The monoisotopic (exact) mass is 501 g/mol. The van der Waals surface area contributed by atoms with E-state index < -0.39 is 27.8 Å². The van der Waals surface area contributed by atoms with Crippen LogP contribution in [0.3, 0.4) is 0 Å². The van der Waals surface area contributed by atoms with Crippen LogP contribution in [0.5, 0.6) is 0 Å². The molecule has 0 fully saturated rings. The first-order valence-corrected chi connectivity index (χ1v) is 14.0. The highest BCUT2D eigenvalue weighted by atomic mass is 32.2. The third-order valence-electron chi connectivity index (χ3n) is 5.22. The Morgan fingerprint density at radius 2 is 1.68 bits per heavy atom. The van der Waals surface area contributed by atoms with Crippen molar-refractivity contribution < 1.29 is 18.0 Å². The topological polar surface area (TPSA) is 105 Å². The van der Waals surface area contributed by atoms with Crippen LogP contribution in [0.4, 0.5) is 0 Å². The highest BCUT2D eigenvalue weighted by Gasteiger charge is 2.31. The minimum absolute atomic E-state index is 0.118. The molecule has 0 aliphatic heterocycles. The molecule has 34 heavy (non-hydrogen) atoms. The molecule has 1 heterocycles. The van der Waals surface area contributed by atoms with E-state index in [-0.39, 0.29) is 23.3 Å². The van der Waals surface area contributed by atoms with Gasteiger partial charge in [-0.25, -0.2) is 13.4 Å². The highest BCUT2D eigenvalue weighted by Crippen LogP contribution is 2.23. The second kappa shape index (κ2) is 11.7. The van der Waals surface area contributed by atoms with Crippen molar-refractivity contribution in [1.82, 2.24) is 15.6 Å². The fourth-order valence-electron chi connectivity index (χ4n) is 3.70. The van der Waals surface area contributed by atoms with Crippen molar-refractivity contribution in [1.29, 1.82) is 0 Å². The van der Waals surface area contributed by atoms with E-state index in [9.17, 15) is 18.0 Å².